The Bertz CT molecular complexity index is 917. The number of hydrogen-bond acceptors (Lipinski definition) is 5. The van der Waals surface area contributed by atoms with Gasteiger partial charge in [-0.05, 0) is 50.7 Å². The van der Waals surface area contributed by atoms with E-state index in [9.17, 15) is 0 Å². The van der Waals surface area contributed by atoms with Crippen molar-refractivity contribution in [3.8, 4) is 0 Å². The van der Waals surface area contributed by atoms with Crippen LogP contribution < -0.4 is 10.6 Å². The molecule has 0 radical (unpaired) electrons. The SMILES string of the molecule is C[C@H](Nc1nc(Nc2cc(C3CC3)[nH]n2)nn2cccc12)C1CCCCC1. The second-order valence-corrected chi connectivity index (χ2v) is 8.06. The highest BCUT2D eigenvalue weighted by atomic mass is 15.3. The van der Waals surface area contributed by atoms with Gasteiger partial charge >= 0.3 is 0 Å². The van der Waals surface area contributed by atoms with E-state index in [2.05, 4.69) is 45.0 Å². The predicted octanol–water partition coefficient (Wildman–Crippen LogP) is 4.45. The van der Waals surface area contributed by atoms with Gasteiger partial charge in [0.25, 0.3) is 0 Å². The first-order valence-electron chi connectivity index (χ1n) is 10.2. The van der Waals surface area contributed by atoms with Crippen molar-refractivity contribution in [3.63, 3.8) is 0 Å². The Labute approximate surface area is 159 Å². The Morgan fingerprint density at radius 3 is 2.85 bits per heavy atom. The molecule has 7 heteroatoms. The fourth-order valence-corrected chi connectivity index (χ4v) is 4.18. The van der Waals surface area contributed by atoms with Gasteiger partial charge in [-0.1, -0.05) is 19.3 Å². The van der Waals surface area contributed by atoms with Crippen molar-refractivity contribution in [1.82, 2.24) is 24.8 Å². The molecular formula is C20H27N7. The zero-order valence-corrected chi connectivity index (χ0v) is 15.8. The van der Waals surface area contributed by atoms with Crippen LogP contribution in [-0.2, 0) is 0 Å². The van der Waals surface area contributed by atoms with Gasteiger partial charge in [-0.25, -0.2) is 4.52 Å². The minimum absolute atomic E-state index is 0.401. The summed E-state index contributed by atoms with van der Waals surface area (Å²) in [6.07, 6.45) is 11.1. The summed E-state index contributed by atoms with van der Waals surface area (Å²) >= 11 is 0. The molecule has 0 unspecified atom stereocenters. The molecule has 2 aliphatic carbocycles. The smallest absolute Gasteiger partial charge is 0.248 e. The number of nitrogens with one attached hydrogen (secondary N) is 3. The molecule has 0 bridgehead atoms. The Morgan fingerprint density at radius 1 is 1.19 bits per heavy atom. The summed E-state index contributed by atoms with van der Waals surface area (Å²) in [4.78, 5) is 4.76. The number of fused-ring (bicyclic) bond motifs is 1. The van der Waals surface area contributed by atoms with Crippen LogP contribution in [0.5, 0.6) is 0 Å². The van der Waals surface area contributed by atoms with Crippen molar-refractivity contribution in [2.75, 3.05) is 10.6 Å². The number of anilines is 3. The molecule has 3 N–H and O–H groups in total. The lowest BCUT2D eigenvalue weighted by molar-refractivity contribution is 0.328. The zero-order chi connectivity index (χ0) is 18.2. The number of rotatable bonds is 6. The summed E-state index contributed by atoms with van der Waals surface area (Å²) in [5.41, 5.74) is 2.20. The maximum absolute atomic E-state index is 4.76. The third-order valence-electron chi connectivity index (χ3n) is 5.97. The van der Waals surface area contributed by atoms with E-state index in [1.807, 2.05) is 16.8 Å². The van der Waals surface area contributed by atoms with Gasteiger partial charge in [0.05, 0.1) is 0 Å². The quantitative estimate of drug-likeness (QED) is 0.601. The van der Waals surface area contributed by atoms with Crippen molar-refractivity contribution >= 4 is 23.1 Å². The first-order chi connectivity index (χ1) is 13.3. The largest absolute Gasteiger partial charge is 0.365 e. The fourth-order valence-electron chi connectivity index (χ4n) is 4.18. The molecule has 3 heterocycles. The zero-order valence-electron chi connectivity index (χ0n) is 15.8. The Morgan fingerprint density at radius 2 is 2.04 bits per heavy atom. The van der Waals surface area contributed by atoms with Crippen molar-refractivity contribution in [2.24, 2.45) is 5.92 Å². The van der Waals surface area contributed by atoms with E-state index in [0.717, 1.165) is 17.2 Å². The summed E-state index contributed by atoms with van der Waals surface area (Å²) in [5, 5.41) is 19.0. The minimum atomic E-state index is 0.401. The summed E-state index contributed by atoms with van der Waals surface area (Å²) in [6, 6.07) is 6.53. The third-order valence-corrected chi connectivity index (χ3v) is 5.97. The number of hydrogen-bond donors (Lipinski definition) is 3. The topological polar surface area (TPSA) is 82.9 Å². The van der Waals surface area contributed by atoms with Crippen LogP contribution in [0, 0.1) is 5.92 Å². The molecule has 142 valence electrons. The van der Waals surface area contributed by atoms with Gasteiger partial charge in [-0.3, -0.25) is 5.10 Å². The predicted molar refractivity (Wildman–Crippen MR) is 106 cm³/mol. The highest BCUT2D eigenvalue weighted by Crippen LogP contribution is 2.39. The maximum atomic E-state index is 4.76. The molecule has 7 nitrogen and oxygen atoms in total. The van der Waals surface area contributed by atoms with E-state index in [1.54, 1.807) is 0 Å². The first-order valence-corrected chi connectivity index (χ1v) is 10.2. The normalized spacial score (nSPS) is 19.3. The lowest BCUT2D eigenvalue weighted by Crippen LogP contribution is -2.28. The van der Waals surface area contributed by atoms with Gasteiger partial charge < -0.3 is 10.6 Å². The van der Waals surface area contributed by atoms with Crippen LogP contribution in [0.4, 0.5) is 17.6 Å². The molecular weight excluding hydrogens is 338 g/mol. The van der Waals surface area contributed by atoms with Crippen molar-refractivity contribution in [2.45, 2.75) is 63.8 Å². The molecule has 27 heavy (non-hydrogen) atoms. The van der Waals surface area contributed by atoms with E-state index in [-0.39, 0.29) is 0 Å². The minimum Gasteiger partial charge on any atom is -0.365 e. The molecule has 3 aromatic heterocycles. The Hall–Kier alpha value is -2.57. The number of H-pyrrole nitrogens is 1. The van der Waals surface area contributed by atoms with Crippen LogP contribution in [0.25, 0.3) is 5.52 Å². The van der Waals surface area contributed by atoms with Crippen molar-refractivity contribution in [3.05, 3.63) is 30.1 Å². The molecule has 2 saturated carbocycles. The summed E-state index contributed by atoms with van der Waals surface area (Å²) in [5.74, 6) is 3.58. The molecule has 0 saturated heterocycles. The summed E-state index contributed by atoms with van der Waals surface area (Å²) in [6.45, 7) is 2.28. The summed E-state index contributed by atoms with van der Waals surface area (Å²) in [7, 11) is 0. The first kappa shape index (κ1) is 16.6. The fraction of sp³-hybridized carbons (Fsp3) is 0.550. The maximum Gasteiger partial charge on any atom is 0.248 e. The highest BCUT2D eigenvalue weighted by Gasteiger charge is 2.26. The van der Waals surface area contributed by atoms with E-state index in [1.165, 1.54) is 50.6 Å². The lowest BCUT2D eigenvalue weighted by atomic mass is 9.84. The molecule has 0 spiro atoms. The average Bonchev–Trinajstić information content (AvgIpc) is 3.24. The number of aromatic nitrogens is 5. The molecule has 1 atom stereocenters. The van der Waals surface area contributed by atoms with Crippen LogP contribution in [0.3, 0.4) is 0 Å². The van der Waals surface area contributed by atoms with Gasteiger partial charge in [-0.15, -0.1) is 5.10 Å². The molecule has 3 aromatic rings. The van der Waals surface area contributed by atoms with Crippen molar-refractivity contribution < 1.29 is 0 Å². The van der Waals surface area contributed by atoms with Crippen LogP contribution >= 0.6 is 0 Å². The number of nitrogens with zero attached hydrogens (tertiary/aromatic N) is 4. The van der Waals surface area contributed by atoms with E-state index in [0.29, 0.717) is 23.8 Å². The van der Waals surface area contributed by atoms with Gasteiger partial charge in [0.1, 0.15) is 5.52 Å². The van der Waals surface area contributed by atoms with Crippen LogP contribution in [0.2, 0.25) is 0 Å². The average molecular weight is 365 g/mol. The molecule has 0 aromatic carbocycles. The van der Waals surface area contributed by atoms with E-state index >= 15 is 0 Å². The van der Waals surface area contributed by atoms with Gasteiger partial charge in [0.15, 0.2) is 11.6 Å². The van der Waals surface area contributed by atoms with Gasteiger partial charge in [0.2, 0.25) is 5.95 Å². The lowest BCUT2D eigenvalue weighted by Gasteiger charge is -2.28. The second-order valence-electron chi connectivity index (χ2n) is 8.06. The molecule has 2 fully saturated rings. The highest BCUT2D eigenvalue weighted by molar-refractivity contribution is 5.69. The van der Waals surface area contributed by atoms with Crippen LogP contribution in [-0.4, -0.2) is 30.8 Å². The van der Waals surface area contributed by atoms with Crippen LogP contribution in [0.1, 0.15) is 63.5 Å². The molecule has 0 aliphatic heterocycles. The van der Waals surface area contributed by atoms with Crippen molar-refractivity contribution in [1.29, 1.82) is 0 Å². The Kier molecular flexibility index (Phi) is 4.22. The summed E-state index contributed by atoms with van der Waals surface area (Å²) < 4.78 is 1.87. The third kappa shape index (κ3) is 3.50. The van der Waals surface area contributed by atoms with E-state index < -0.39 is 0 Å². The molecule has 2 aliphatic rings. The monoisotopic (exact) mass is 365 g/mol. The standard InChI is InChI=1S/C20H27N7/c1-13(14-6-3-2-4-7-14)21-19-17-8-5-11-27(17)26-20(23-19)22-18-12-16(24-25-18)15-9-10-15/h5,8,11-15H,2-4,6-7,9-10H2,1H3,(H3,21,22,23,24,25,26)/t13-/m0/s1. The second kappa shape index (κ2) is 6.87. The molecule has 0 amide bonds. The number of aromatic amines is 1. The van der Waals surface area contributed by atoms with Crippen LogP contribution in [0.15, 0.2) is 24.4 Å². The van der Waals surface area contributed by atoms with Gasteiger partial charge in [0, 0.05) is 29.9 Å². The Balaban J connectivity index is 1.38. The van der Waals surface area contributed by atoms with E-state index in [4.69, 9.17) is 4.98 Å². The van der Waals surface area contributed by atoms with Gasteiger partial charge in [-0.2, -0.15) is 10.1 Å². The molecule has 5 rings (SSSR count).